The molecule has 1 aromatic heterocycles. The SMILES string of the molecule is COc1ccccc1CCNc1cnnc(N(C)C2CCS(=O)(=O)C2)n1. The predicted molar refractivity (Wildman–Crippen MR) is 100 cm³/mol. The van der Waals surface area contributed by atoms with E-state index in [1.807, 2.05) is 24.3 Å². The summed E-state index contributed by atoms with van der Waals surface area (Å²) >= 11 is 0. The molecule has 140 valence electrons. The molecule has 1 unspecified atom stereocenters. The molecule has 0 bridgehead atoms. The van der Waals surface area contributed by atoms with Gasteiger partial charge in [-0.25, -0.2) is 8.42 Å². The van der Waals surface area contributed by atoms with E-state index in [9.17, 15) is 8.42 Å². The lowest BCUT2D eigenvalue weighted by atomic mass is 10.1. The third-order valence-corrected chi connectivity index (χ3v) is 6.26. The summed E-state index contributed by atoms with van der Waals surface area (Å²) in [5.74, 6) is 2.25. The van der Waals surface area contributed by atoms with Crippen LogP contribution in [0, 0.1) is 0 Å². The number of methoxy groups -OCH3 is 1. The summed E-state index contributed by atoms with van der Waals surface area (Å²) in [6.07, 6.45) is 2.93. The van der Waals surface area contributed by atoms with Crippen LogP contribution in [-0.2, 0) is 16.3 Å². The van der Waals surface area contributed by atoms with E-state index in [2.05, 4.69) is 20.5 Å². The van der Waals surface area contributed by atoms with Gasteiger partial charge in [0.25, 0.3) is 0 Å². The van der Waals surface area contributed by atoms with Crippen LogP contribution in [0.25, 0.3) is 0 Å². The molecule has 3 rings (SSSR count). The Kier molecular flexibility index (Phi) is 5.55. The van der Waals surface area contributed by atoms with Gasteiger partial charge in [0, 0.05) is 19.6 Å². The summed E-state index contributed by atoms with van der Waals surface area (Å²) in [6.45, 7) is 0.667. The number of nitrogens with one attached hydrogen (secondary N) is 1. The second kappa shape index (κ2) is 7.86. The molecule has 1 aromatic carbocycles. The number of anilines is 2. The summed E-state index contributed by atoms with van der Waals surface area (Å²) in [7, 11) is 0.510. The number of para-hydroxylation sites is 1. The van der Waals surface area contributed by atoms with Gasteiger partial charge in [0.2, 0.25) is 5.95 Å². The zero-order chi connectivity index (χ0) is 18.6. The highest BCUT2D eigenvalue weighted by Gasteiger charge is 2.31. The van der Waals surface area contributed by atoms with Crippen LogP contribution in [0.15, 0.2) is 30.5 Å². The Balaban J connectivity index is 1.61. The quantitative estimate of drug-likeness (QED) is 0.768. The van der Waals surface area contributed by atoms with Gasteiger partial charge in [0.05, 0.1) is 24.8 Å². The van der Waals surface area contributed by atoms with Crippen LogP contribution in [-0.4, -0.2) is 61.8 Å². The van der Waals surface area contributed by atoms with Gasteiger partial charge in [-0.3, -0.25) is 0 Å². The molecule has 0 amide bonds. The second-order valence-corrected chi connectivity index (χ2v) is 8.53. The first kappa shape index (κ1) is 18.4. The molecule has 0 radical (unpaired) electrons. The van der Waals surface area contributed by atoms with Crippen molar-refractivity contribution in [2.75, 3.05) is 42.4 Å². The summed E-state index contributed by atoms with van der Waals surface area (Å²) in [6, 6.07) is 7.77. The van der Waals surface area contributed by atoms with Crippen LogP contribution < -0.4 is 15.0 Å². The molecule has 0 spiro atoms. The molecule has 0 saturated carbocycles. The van der Waals surface area contributed by atoms with E-state index in [0.29, 0.717) is 24.7 Å². The maximum absolute atomic E-state index is 11.7. The normalized spacial score (nSPS) is 18.5. The minimum atomic E-state index is -2.96. The van der Waals surface area contributed by atoms with Gasteiger partial charge >= 0.3 is 0 Å². The number of aromatic nitrogens is 3. The van der Waals surface area contributed by atoms with Gasteiger partial charge in [0.1, 0.15) is 5.75 Å². The van der Waals surface area contributed by atoms with Gasteiger partial charge in [-0.15, -0.1) is 5.10 Å². The van der Waals surface area contributed by atoms with Gasteiger partial charge in [-0.1, -0.05) is 18.2 Å². The maximum Gasteiger partial charge on any atom is 0.247 e. The number of sulfone groups is 1. The van der Waals surface area contributed by atoms with Crippen LogP contribution >= 0.6 is 0 Å². The molecule has 1 N–H and O–H groups in total. The molecular weight excluding hydrogens is 354 g/mol. The second-order valence-electron chi connectivity index (χ2n) is 6.30. The Morgan fingerprint density at radius 3 is 2.88 bits per heavy atom. The van der Waals surface area contributed by atoms with Gasteiger partial charge in [-0.2, -0.15) is 10.1 Å². The molecule has 2 aromatic rings. The average Bonchev–Trinajstić information content (AvgIpc) is 3.01. The number of ether oxygens (including phenoxy) is 1. The van der Waals surface area contributed by atoms with Crippen molar-refractivity contribution >= 4 is 21.6 Å². The summed E-state index contributed by atoms with van der Waals surface area (Å²) in [4.78, 5) is 6.25. The Hall–Kier alpha value is -2.42. The van der Waals surface area contributed by atoms with E-state index in [1.54, 1.807) is 25.3 Å². The van der Waals surface area contributed by atoms with Crippen LogP contribution in [0.4, 0.5) is 11.8 Å². The van der Waals surface area contributed by atoms with Gasteiger partial charge < -0.3 is 15.0 Å². The van der Waals surface area contributed by atoms with Crippen molar-refractivity contribution in [3.05, 3.63) is 36.0 Å². The number of benzene rings is 1. The summed E-state index contributed by atoms with van der Waals surface area (Å²) in [5, 5.41) is 11.2. The lowest BCUT2D eigenvalue weighted by molar-refractivity contribution is 0.410. The first-order valence-corrected chi connectivity index (χ1v) is 10.3. The number of nitrogens with zero attached hydrogens (tertiary/aromatic N) is 4. The van der Waals surface area contributed by atoms with E-state index in [0.717, 1.165) is 17.7 Å². The monoisotopic (exact) mass is 377 g/mol. The highest BCUT2D eigenvalue weighted by molar-refractivity contribution is 7.91. The summed E-state index contributed by atoms with van der Waals surface area (Å²) < 4.78 is 28.7. The van der Waals surface area contributed by atoms with Crippen molar-refractivity contribution in [2.45, 2.75) is 18.9 Å². The van der Waals surface area contributed by atoms with Gasteiger partial charge in [-0.05, 0) is 24.5 Å². The van der Waals surface area contributed by atoms with E-state index < -0.39 is 9.84 Å². The molecule has 1 fully saturated rings. The molecule has 2 heterocycles. The Morgan fingerprint density at radius 1 is 1.35 bits per heavy atom. The molecule has 1 atom stereocenters. The molecule has 8 nitrogen and oxygen atoms in total. The van der Waals surface area contributed by atoms with Crippen LogP contribution in [0.3, 0.4) is 0 Å². The minimum Gasteiger partial charge on any atom is -0.496 e. The molecule has 1 aliphatic rings. The van der Waals surface area contributed by atoms with E-state index in [1.165, 1.54) is 0 Å². The molecular formula is C17H23N5O3S. The fraction of sp³-hybridized carbons (Fsp3) is 0.471. The Bertz CT molecular complexity index is 859. The van der Waals surface area contributed by atoms with Crippen molar-refractivity contribution in [3.63, 3.8) is 0 Å². The molecule has 9 heteroatoms. The third kappa shape index (κ3) is 4.40. The highest BCUT2D eigenvalue weighted by Crippen LogP contribution is 2.21. The van der Waals surface area contributed by atoms with Gasteiger partial charge in [0.15, 0.2) is 15.7 Å². The largest absolute Gasteiger partial charge is 0.496 e. The van der Waals surface area contributed by atoms with E-state index in [-0.39, 0.29) is 17.5 Å². The standard InChI is InChI=1S/C17H23N5O3S/c1-22(14-8-10-26(23,24)12-14)17-20-16(11-19-21-17)18-9-7-13-5-3-4-6-15(13)25-2/h3-6,11,14H,7-10,12H2,1-2H3,(H,18,20,21). The van der Waals surface area contributed by atoms with Crippen LogP contribution in [0.5, 0.6) is 5.75 Å². The van der Waals surface area contributed by atoms with Crippen LogP contribution in [0.2, 0.25) is 0 Å². The fourth-order valence-electron chi connectivity index (χ4n) is 3.01. The predicted octanol–water partition coefficient (Wildman–Crippen LogP) is 1.16. The van der Waals surface area contributed by atoms with Crippen molar-refractivity contribution in [1.82, 2.24) is 15.2 Å². The number of hydrogen-bond donors (Lipinski definition) is 1. The smallest absolute Gasteiger partial charge is 0.247 e. The van der Waals surface area contributed by atoms with Crippen molar-refractivity contribution < 1.29 is 13.2 Å². The third-order valence-electron chi connectivity index (χ3n) is 4.51. The van der Waals surface area contributed by atoms with Crippen molar-refractivity contribution in [1.29, 1.82) is 0 Å². The van der Waals surface area contributed by atoms with E-state index in [4.69, 9.17) is 4.74 Å². The van der Waals surface area contributed by atoms with Crippen LogP contribution in [0.1, 0.15) is 12.0 Å². The summed E-state index contributed by atoms with van der Waals surface area (Å²) in [5.41, 5.74) is 1.11. The lowest BCUT2D eigenvalue weighted by Crippen LogP contribution is -2.34. The van der Waals surface area contributed by atoms with Crippen molar-refractivity contribution in [2.24, 2.45) is 0 Å². The maximum atomic E-state index is 11.7. The first-order chi connectivity index (χ1) is 12.5. The van der Waals surface area contributed by atoms with E-state index >= 15 is 0 Å². The average molecular weight is 377 g/mol. The number of rotatable bonds is 7. The molecule has 1 aliphatic heterocycles. The van der Waals surface area contributed by atoms with Crippen molar-refractivity contribution in [3.8, 4) is 5.75 Å². The minimum absolute atomic E-state index is 0.106. The Labute approximate surface area is 153 Å². The molecule has 0 aliphatic carbocycles. The topological polar surface area (TPSA) is 97.3 Å². The zero-order valence-electron chi connectivity index (χ0n) is 14.9. The molecule has 1 saturated heterocycles. The molecule has 26 heavy (non-hydrogen) atoms. The Morgan fingerprint density at radius 2 is 2.15 bits per heavy atom. The zero-order valence-corrected chi connectivity index (χ0v) is 15.7. The first-order valence-electron chi connectivity index (χ1n) is 8.47. The fourth-order valence-corrected chi connectivity index (χ4v) is 4.78. The lowest BCUT2D eigenvalue weighted by Gasteiger charge is -2.22. The highest BCUT2D eigenvalue weighted by atomic mass is 32.2. The number of hydrogen-bond acceptors (Lipinski definition) is 8.